The Morgan fingerprint density at radius 1 is 1.06 bits per heavy atom. The Hall–Kier alpha value is -1.10. The lowest BCUT2D eigenvalue weighted by molar-refractivity contribution is -0.126. The summed E-state index contributed by atoms with van der Waals surface area (Å²) in [5.41, 5.74) is 5.37. The number of rotatable bonds is 9. The van der Waals surface area contributed by atoms with Crippen LogP contribution in [0.3, 0.4) is 0 Å². The van der Waals surface area contributed by atoms with Gasteiger partial charge in [0.25, 0.3) is 0 Å². The van der Waals surface area contributed by atoms with E-state index < -0.39 is 0 Å². The van der Waals surface area contributed by atoms with Crippen LogP contribution in [0.5, 0.6) is 0 Å². The fraction of sp³-hybridized carbons (Fsp3) is 0.833. The molecule has 1 fully saturated rings. The van der Waals surface area contributed by atoms with Gasteiger partial charge in [0.1, 0.15) is 0 Å². The molecule has 5 heteroatoms. The van der Waals surface area contributed by atoms with Gasteiger partial charge in [-0.15, -0.1) is 0 Å². The van der Waals surface area contributed by atoms with Gasteiger partial charge in [-0.2, -0.15) is 0 Å². The summed E-state index contributed by atoms with van der Waals surface area (Å²) in [7, 11) is 0. The Kier molecular flexibility index (Phi) is 6.62. The predicted molar refractivity (Wildman–Crippen MR) is 66.3 cm³/mol. The quantitative estimate of drug-likeness (QED) is 0.507. The molecule has 17 heavy (non-hydrogen) atoms. The fourth-order valence-electron chi connectivity index (χ4n) is 1.56. The molecule has 0 spiro atoms. The van der Waals surface area contributed by atoms with Crippen molar-refractivity contribution in [3.05, 3.63) is 0 Å². The molecule has 1 aliphatic rings. The average molecular weight is 241 g/mol. The molecule has 0 aliphatic heterocycles. The van der Waals surface area contributed by atoms with E-state index in [9.17, 15) is 9.59 Å². The first kappa shape index (κ1) is 14.0. The lowest BCUT2D eigenvalue weighted by Gasteiger charge is -2.05. The smallest absolute Gasteiger partial charge is 0.239 e. The van der Waals surface area contributed by atoms with Gasteiger partial charge in [-0.1, -0.05) is 12.8 Å². The Morgan fingerprint density at radius 2 is 1.76 bits per heavy atom. The molecule has 98 valence electrons. The average Bonchev–Trinajstić information content (AvgIpc) is 3.10. The zero-order valence-electron chi connectivity index (χ0n) is 10.3. The third kappa shape index (κ3) is 7.74. The summed E-state index contributed by atoms with van der Waals surface area (Å²) in [5, 5.41) is 5.46. The number of hydrogen-bond acceptors (Lipinski definition) is 3. The highest BCUT2D eigenvalue weighted by atomic mass is 16.2. The molecule has 0 unspecified atom stereocenters. The Labute approximate surface area is 103 Å². The summed E-state index contributed by atoms with van der Waals surface area (Å²) < 4.78 is 0. The topological polar surface area (TPSA) is 84.2 Å². The van der Waals surface area contributed by atoms with E-state index >= 15 is 0 Å². The monoisotopic (exact) mass is 241 g/mol. The van der Waals surface area contributed by atoms with E-state index in [1.807, 2.05) is 0 Å². The van der Waals surface area contributed by atoms with Gasteiger partial charge >= 0.3 is 0 Å². The molecule has 1 saturated carbocycles. The van der Waals surface area contributed by atoms with Crippen LogP contribution in [0.2, 0.25) is 0 Å². The molecular formula is C12H23N3O2. The Bertz CT molecular complexity index is 252. The van der Waals surface area contributed by atoms with Crippen molar-refractivity contribution in [2.75, 3.05) is 13.1 Å². The van der Waals surface area contributed by atoms with E-state index in [0.29, 0.717) is 19.0 Å². The van der Waals surface area contributed by atoms with Crippen molar-refractivity contribution in [3.8, 4) is 0 Å². The van der Waals surface area contributed by atoms with Crippen LogP contribution < -0.4 is 16.4 Å². The largest absolute Gasteiger partial charge is 0.352 e. The van der Waals surface area contributed by atoms with Crippen molar-refractivity contribution in [2.45, 2.75) is 51.0 Å². The summed E-state index contributed by atoms with van der Waals surface area (Å²) in [6, 6.07) is 0.357. The van der Waals surface area contributed by atoms with Gasteiger partial charge < -0.3 is 16.4 Å². The van der Waals surface area contributed by atoms with Crippen molar-refractivity contribution in [3.63, 3.8) is 0 Å². The van der Waals surface area contributed by atoms with E-state index in [-0.39, 0.29) is 18.4 Å². The van der Waals surface area contributed by atoms with E-state index in [0.717, 1.165) is 38.5 Å². The van der Waals surface area contributed by atoms with Crippen LogP contribution in [-0.2, 0) is 9.59 Å². The minimum Gasteiger partial charge on any atom is -0.352 e. The summed E-state index contributed by atoms with van der Waals surface area (Å²) in [6.07, 6.45) is 6.63. The van der Waals surface area contributed by atoms with E-state index in [1.54, 1.807) is 0 Å². The second kappa shape index (κ2) is 8.06. The van der Waals surface area contributed by atoms with Crippen LogP contribution in [0.25, 0.3) is 0 Å². The van der Waals surface area contributed by atoms with Gasteiger partial charge in [-0.3, -0.25) is 9.59 Å². The van der Waals surface area contributed by atoms with Gasteiger partial charge in [0.2, 0.25) is 11.8 Å². The van der Waals surface area contributed by atoms with Crippen molar-refractivity contribution >= 4 is 11.8 Å². The normalized spacial score (nSPS) is 14.4. The number of amides is 2. The standard InChI is InChI=1S/C12H23N3O2/c13-8-4-2-1-3-5-11(16)14-9-12(17)15-10-6-7-10/h10H,1-9,13H2,(H,14,16)(H,15,17). The van der Waals surface area contributed by atoms with Crippen molar-refractivity contribution in [1.29, 1.82) is 0 Å². The molecule has 1 rings (SSSR count). The molecule has 0 heterocycles. The number of carbonyl (C=O) groups is 2. The number of nitrogens with two attached hydrogens (primary N) is 1. The first-order chi connectivity index (χ1) is 8.22. The summed E-state index contributed by atoms with van der Waals surface area (Å²) >= 11 is 0. The summed E-state index contributed by atoms with van der Waals surface area (Å²) in [5.74, 6) is -0.118. The second-order valence-electron chi connectivity index (χ2n) is 4.57. The predicted octanol–water partition coefficient (Wildman–Crippen LogP) is 0.290. The lowest BCUT2D eigenvalue weighted by Crippen LogP contribution is -2.37. The number of nitrogens with one attached hydrogen (secondary N) is 2. The van der Waals surface area contributed by atoms with Gasteiger partial charge in [0.05, 0.1) is 6.54 Å². The maximum Gasteiger partial charge on any atom is 0.239 e. The lowest BCUT2D eigenvalue weighted by atomic mass is 10.1. The zero-order chi connectivity index (χ0) is 12.5. The van der Waals surface area contributed by atoms with Crippen molar-refractivity contribution in [1.82, 2.24) is 10.6 Å². The molecule has 4 N–H and O–H groups in total. The van der Waals surface area contributed by atoms with Gasteiger partial charge in [0, 0.05) is 12.5 Å². The van der Waals surface area contributed by atoms with Crippen LogP contribution >= 0.6 is 0 Å². The third-order valence-electron chi connectivity index (χ3n) is 2.75. The van der Waals surface area contributed by atoms with Gasteiger partial charge in [0.15, 0.2) is 0 Å². The molecule has 0 aromatic carbocycles. The molecule has 0 aromatic heterocycles. The first-order valence-electron chi connectivity index (χ1n) is 6.48. The molecule has 2 amide bonds. The maximum absolute atomic E-state index is 11.4. The number of unbranched alkanes of at least 4 members (excludes halogenated alkanes) is 3. The summed E-state index contributed by atoms with van der Waals surface area (Å²) in [6.45, 7) is 0.825. The van der Waals surface area contributed by atoms with Gasteiger partial charge in [-0.05, 0) is 32.2 Å². The minimum atomic E-state index is -0.0796. The Morgan fingerprint density at radius 3 is 2.41 bits per heavy atom. The van der Waals surface area contributed by atoms with Crippen LogP contribution in [0.15, 0.2) is 0 Å². The highest BCUT2D eigenvalue weighted by Gasteiger charge is 2.22. The molecule has 5 nitrogen and oxygen atoms in total. The van der Waals surface area contributed by atoms with Crippen molar-refractivity contribution in [2.24, 2.45) is 5.73 Å². The fourth-order valence-corrected chi connectivity index (χ4v) is 1.56. The van der Waals surface area contributed by atoms with Crippen LogP contribution in [0.4, 0.5) is 0 Å². The van der Waals surface area contributed by atoms with E-state index in [4.69, 9.17) is 5.73 Å². The van der Waals surface area contributed by atoms with E-state index in [2.05, 4.69) is 10.6 Å². The molecule has 0 saturated heterocycles. The SMILES string of the molecule is NCCCCCCC(=O)NCC(=O)NC1CC1. The number of carbonyl (C=O) groups excluding carboxylic acids is 2. The molecular weight excluding hydrogens is 218 g/mol. The van der Waals surface area contributed by atoms with Crippen LogP contribution in [0.1, 0.15) is 44.9 Å². The third-order valence-corrected chi connectivity index (χ3v) is 2.75. The van der Waals surface area contributed by atoms with Crippen LogP contribution in [0, 0.1) is 0 Å². The minimum absolute atomic E-state index is 0.0382. The zero-order valence-corrected chi connectivity index (χ0v) is 10.3. The maximum atomic E-state index is 11.4. The van der Waals surface area contributed by atoms with E-state index in [1.165, 1.54) is 0 Å². The molecule has 0 atom stereocenters. The van der Waals surface area contributed by atoms with Crippen molar-refractivity contribution < 1.29 is 9.59 Å². The second-order valence-corrected chi connectivity index (χ2v) is 4.57. The highest BCUT2D eigenvalue weighted by Crippen LogP contribution is 2.18. The summed E-state index contributed by atoms with van der Waals surface area (Å²) in [4.78, 5) is 22.6. The first-order valence-corrected chi connectivity index (χ1v) is 6.48. The molecule has 0 aromatic rings. The molecule has 0 bridgehead atoms. The van der Waals surface area contributed by atoms with Crippen LogP contribution in [-0.4, -0.2) is 30.9 Å². The van der Waals surface area contributed by atoms with Gasteiger partial charge in [-0.25, -0.2) is 0 Å². The Balaban J connectivity index is 1.91. The molecule has 0 radical (unpaired) electrons. The highest BCUT2D eigenvalue weighted by molar-refractivity contribution is 5.84. The molecule has 1 aliphatic carbocycles. The number of hydrogen-bond donors (Lipinski definition) is 3.